The summed E-state index contributed by atoms with van der Waals surface area (Å²) in [6.45, 7) is 0.217. The van der Waals surface area contributed by atoms with Crippen LogP contribution in [0.1, 0.15) is 4.88 Å². The molecule has 1 aliphatic rings. The Labute approximate surface area is 108 Å². The van der Waals surface area contributed by atoms with Crippen LogP contribution in [0.5, 0.6) is 0 Å². The molecule has 2 N–H and O–H groups in total. The van der Waals surface area contributed by atoms with Crippen molar-refractivity contribution in [1.29, 1.82) is 0 Å². The first-order valence-corrected chi connectivity index (χ1v) is 6.31. The second kappa shape index (κ2) is 4.40. The van der Waals surface area contributed by atoms with Gasteiger partial charge in [0.05, 0.1) is 22.9 Å². The van der Waals surface area contributed by atoms with E-state index in [1.807, 2.05) is 29.2 Å². The number of thiazole rings is 1. The maximum atomic E-state index is 11.7. The van der Waals surface area contributed by atoms with E-state index in [1.165, 1.54) is 11.3 Å². The monoisotopic (exact) mass is 261 g/mol. The van der Waals surface area contributed by atoms with Crippen LogP contribution in [-0.4, -0.2) is 22.5 Å². The van der Waals surface area contributed by atoms with Gasteiger partial charge in [-0.25, -0.2) is 4.98 Å². The minimum Gasteiger partial charge on any atom is -0.391 e. The fourth-order valence-electron chi connectivity index (χ4n) is 1.90. The van der Waals surface area contributed by atoms with Gasteiger partial charge in [0.25, 0.3) is 0 Å². The maximum absolute atomic E-state index is 11.7. The number of carbonyl (C=O) groups excluding carboxylic acids is 1. The Morgan fingerprint density at radius 2 is 2.28 bits per heavy atom. The molecule has 92 valence electrons. The fraction of sp³-hybridized carbons (Fsp3) is 0.167. The average Bonchev–Trinajstić information content (AvgIpc) is 2.86. The smallest absolute Gasteiger partial charge is 0.244 e. The molecule has 0 bridgehead atoms. The zero-order chi connectivity index (χ0) is 12.5. The van der Waals surface area contributed by atoms with E-state index >= 15 is 0 Å². The molecule has 0 unspecified atom stereocenters. The normalized spacial score (nSPS) is 14.3. The van der Waals surface area contributed by atoms with E-state index in [0.29, 0.717) is 0 Å². The number of para-hydroxylation sites is 2. The molecule has 2 aromatic rings. The zero-order valence-corrected chi connectivity index (χ0v) is 10.3. The number of hydrogen-bond donors (Lipinski definition) is 2. The first-order chi connectivity index (χ1) is 8.78. The van der Waals surface area contributed by atoms with Gasteiger partial charge in [-0.05, 0) is 12.1 Å². The molecule has 1 aromatic heterocycles. The summed E-state index contributed by atoms with van der Waals surface area (Å²) < 4.78 is 0. The van der Waals surface area contributed by atoms with Crippen molar-refractivity contribution in [3.8, 4) is 0 Å². The van der Waals surface area contributed by atoms with Gasteiger partial charge < -0.3 is 15.3 Å². The number of rotatable bonds is 2. The van der Waals surface area contributed by atoms with Crippen LogP contribution in [0.25, 0.3) is 0 Å². The highest BCUT2D eigenvalue weighted by molar-refractivity contribution is 7.15. The summed E-state index contributed by atoms with van der Waals surface area (Å²) in [5.74, 6) is -0.0607. The van der Waals surface area contributed by atoms with Gasteiger partial charge in [0.15, 0.2) is 5.13 Å². The average molecular weight is 261 g/mol. The summed E-state index contributed by atoms with van der Waals surface area (Å²) >= 11 is 1.39. The third kappa shape index (κ3) is 1.85. The van der Waals surface area contributed by atoms with Gasteiger partial charge in [-0.2, -0.15) is 0 Å². The lowest BCUT2D eigenvalue weighted by Crippen LogP contribution is -2.34. The summed E-state index contributed by atoms with van der Waals surface area (Å²) in [7, 11) is 0. The Morgan fingerprint density at radius 1 is 1.44 bits per heavy atom. The number of fused-ring (bicyclic) bond motifs is 1. The maximum Gasteiger partial charge on any atom is 0.244 e. The summed E-state index contributed by atoms with van der Waals surface area (Å²) in [6, 6.07) is 7.60. The van der Waals surface area contributed by atoms with Crippen LogP contribution in [0.15, 0.2) is 30.5 Å². The van der Waals surface area contributed by atoms with E-state index in [2.05, 4.69) is 10.3 Å². The number of aliphatic hydroxyl groups excluding tert-OH is 1. The molecule has 1 amide bonds. The van der Waals surface area contributed by atoms with Gasteiger partial charge in [-0.1, -0.05) is 23.5 Å². The van der Waals surface area contributed by atoms with Crippen molar-refractivity contribution >= 4 is 33.8 Å². The largest absolute Gasteiger partial charge is 0.391 e. The summed E-state index contributed by atoms with van der Waals surface area (Å²) in [5.41, 5.74) is 1.71. The number of hydrogen-bond acceptors (Lipinski definition) is 5. The standard InChI is InChI=1S/C12H11N3O2S/c16-7-8-5-13-12(18-8)15-6-11(17)14-9-3-1-2-4-10(9)15/h1-5,16H,6-7H2,(H,14,17). The third-order valence-corrected chi connectivity index (χ3v) is 3.70. The third-order valence-electron chi connectivity index (χ3n) is 2.70. The lowest BCUT2D eigenvalue weighted by Gasteiger charge is -2.28. The summed E-state index contributed by atoms with van der Waals surface area (Å²) in [6.07, 6.45) is 1.63. The second-order valence-corrected chi connectivity index (χ2v) is 5.01. The molecule has 0 saturated carbocycles. The molecule has 1 aliphatic heterocycles. The molecule has 2 heterocycles. The highest BCUT2D eigenvalue weighted by Crippen LogP contribution is 2.36. The van der Waals surface area contributed by atoms with Crippen LogP contribution in [0.4, 0.5) is 16.5 Å². The van der Waals surface area contributed by atoms with Gasteiger partial charge in [-0.15, -0.1) is 0 Å². The quantitative estimate of drug-likeness (QED) is 0.864. The van der Waals surface area contributed by atoms with E-state index in [0.717, 1.165) is 21.4 Å². The van der Waals surface area contributed by atoms with Gasteiger partial charge in [-0.3, -0.25) is 4.79 Å². The Kier molecular flexibility index (Phi) is 2.73. The van der Waals surface area contributed by atoms with Gasteiger partial charge in [0, 0.05) is 6.20 Å². The Morgan fingerprint density at radius 3 is 3.06 bits per heavy atom. The van der Waals surface area contributed by atoms with Crippen molar-refractivity contribution in [2.75, 3.05) is 16.8 Å². The van der Waals surface area contributed by atoms with E-state index in [1.54, 1.807) is 6.20 Å². The van der Waals surface area contributed by atoms with Crippen LogP contribution in [-0.2, 0) is 11.4 Å². The van der Waals surface area contributed by atoms with Crippen molar-refractivity contribution in [1.82, 2.24) is 4.98 Å². The summed E-state index contributed by atoms with van der Waals surface area (Å²) in [5, 5.41) is 12.6. The number of anilines is 3. The van der Waals surface area contributed by atoms with E-state index in [9.17, 15) is 4.79 Å². The molecule has 0 atom stereocenters. The molecule has 0 saturated heterocycles. The van der Waals surface area contributed by atoms with Crippen molar-refractivity contribution in [2.45, 2.75) is 6.61 Å². The Balaban J connectivity index is 2.04. The van der Waals surface area contributed by atoms with Crippen LogP contribution in [0, 0.1) is 0 Å². The number of nitrogens with one attached hydrogen (secondary N) is 1. The predicted molar refractivity (Wildman–Crippen MR) is 70.1 cm³/mol. The zero-order valence-electron chi connectivity index (χ0n) is 9.46. The number of aromatic nitrogens is 1. The molecule has 0 radical (unpaired) electrons. The van der Waals surface area contributed by atoms with Crippen LogP contribution < -0.4 is 10.2 Å². The molecule has 3 rings (SSSR count). The molecule has 0 aliphatic carbocycles. The van der Waals surface area contributed by atoms with Gasteiger partial charge in [0.2, 0.25) is 5.91 Å². The molecule has 0 spiro atoms. The van der Waals surface area contributed by atoms with Gasteiger partial charge >= 0.3 is 0 Å². The van der Waals surface area contributed by atoms with Crippen LogP contribution >= 0.6 is 11.3 Å². The SMILES string of the molecule is O=C1CN(c2ncc(CO)s2)c2ccccc2N1. The van der Waals surface area contributed by atoms with Crippen molar-refractivity contribution < 1.29 is 9.90 Å². The van der Waals surface area contributed by atoms with Crippen LogP contribution in [0.2, 0.25) is 0 Å². The minimum absolute atomic E-state index is 0.0284. The molecular weight excluding hydrogens is 250 g/mol. The van der Waals surface area contributed by atoms with Gasteiger partial charge in [0.1, 0.15) is 6.54 Å². The molecule has 6 heteroatoms. The number of benzene rings is 1. The molecule has 5 nitrogen and oxygen atoms in total. The molecule has 0 fully saturated rings. The minimum atomic E-state index is -0.0607. The fourth-order valence-corrected chi connectivity index (χ4v) is 2.68. The molecular formula is C12H11N3O2S. The van der Waals surface area contributed by atoms with Crippen molar-refractivity contribution in [3.63, 3.8) is 0 Å². The summed E-state index contributed by atoms with van der Waals surface area (Å²) in [4.78, 5) is 18.6. The number of nitrogens with zero attached hydrogens (tertiary/aromatic N) is 2. The first-order valence-electron chi connectivity index (χ1n) is 5.50. The number of aliphatic hydroxyl groups is 1. The van der Waals surface area contributed by atoms with E-state index in [4.69, 9.17) is 5.11 Å². The predicted octanol–water partition coefficient (Wildman–Crippen LogP) is 1.73. The molecule has 1 aromatic carbocycles. The Bertz CT molecular complexity index is 597. The lowest BCUT2D eigenvalue weighted by atomic mass is 10.2. The number of carbonyl (C=O) groups is 1. The highest BCUT2D eigenvalue weighted by atomic mass is 32.1. The van der Waals surface area contributed by atoms with E-state index < -0.39 is 0 Å². The first kappa shape index (κ1) is 11.2. The topological polar surface area (TPSA) is 65.5 Å². The second-order valence-electron chi connectivity index (χ2n) is 3.92. The van der Waals surface area contributed by atoms with Crippen molar-refractivity contribution in [2.24, 2.45) is 0 Å². The van der Waals surface area contributed by atoms with Crippen molar-refractivity contribution in [3.05, 3.63) is 35.3 Å². The van der Waals surface area contributed by atoms with Crippen LogP contribution in [0.3, 0.4) is 0 Å². The molecule has 18 heavy (non-hydrogen) atoms. The highest BCUT2D eigenvalue weighted by Gasteiger charge is 2.24. The Hall–Kier alpha value is -1.92. The van der Waals surface area contributed by atoms with E-state index in [-0.39, 0.29) is 19.1 Å². The number of amides is 1. The lowest BCUT2D eigenvalue weighted by molar-refractivity contribution is -0.115.